The fourth-order valence-electron chi connectivity index (χ4n) is 3.00. The van der Waals surface area contributed by atoms with E-state index in [-0.39, 0.29) is 30.9 Å². The number of carbonyl (C=O) groups is 3. The van der Waals surface area contributed by atoms with Crippen molar-refractivity contribution in [3.63, 3.8) is 0 Å². The molecule has 37 heavy (non-hydrogen) atoms. The van der Waals surface area contributed by atoms with Gasteiger partial charge in [-0.05, 0) is 42.0 Å². The lowest BCUT2D eigenvalue weighted by atomic mass is 10.0. The van der Waals surface area contributed by atoms with Gasteiger partial charge in [-0.25, -0.2) is 0 Å². The number of amides is 2. The fraction of sp³-hybridized carbons (Fsp3) is 0.375. The van der Waals surface area contributed by atoms with Gasteiger partial charge in [-0.15, -0.1) is 0 Å². The van der Waals surface area contributed by atoms with Crippen molar-refractivity contribution in [2.45, 2.75) is 38.2 Å². The molecule has 2 aromatic rings. The molecular formula is C24H24F6N2O5. The molecule has 0 fully saturated rings. The molecule has 0 spiro atoms. The highest BCUT2D eigenvalue weighted by atomic mass is 19.4. The molecule has 0 saturated carbocycles. The first-order valence-electron chi connectivity index (χ1n) is 10.9. The van der Waals surface area contributed by atoms with Gasteiger partial charge in [-0.3, -0.25) is 14.4 Å². The summed E-state index contributed by atoms with van der Waals surface area (Å²) < 4.78 is 84.9. The number of carbonyl (C=O) groups excluding carboxylic acids is 3. The summed E-state index contributed by atoms with van der Waals surface area (Å²) in [5.41, 5.74) is -0.477. The van der Waals surface area contributed by atoms with Crippen molar-refractivity contribution in [1.29, 1.82) is 0 Å². The monoisotopic (exact) mass is 534 g/mol. The van der Waals surface area contributed by atoms with Crippen LogP contribution in [0.3, 0.4) is 0 Å². The minimum Gasteiger partial charge on any atom is -0.493 e. The quantitative estimate of drug-likeness (QED) is 0.258. The normalized spacial score (nSPS) is 12.4. The number of halogens is 6. The predicted octanol–water partition coefficient (Wildman–Crippen LogP) is 4.06. The van der Waals surface area contributed by atoms with E-state index in [9.17, 15) is 40.7 Å². The second-order valence-corrected chi connectivity index (χ2v) is 7.79. The molecule has 0 heterocycles. The van der Waals surface area contributed by atoms with Crippen molar-refractivity contribution in [1.82, 2.24) is 10.6 Å². The topological polar surface area (TPSA) is 93.7 Å². The molecule has 0 aliphatic carbocycles. The summed E-state index contributed by atoms with van der Waals surface area (Å²) in [5, 5.41) is 4.96. The van der Waals surface area contributed by atoms with Gasteiger partial charge >= 0.3 is 18.3 Å². The minimum atomic E-state index is -4.54. The van der Waals surface area contributed by atoms with Crippen molar-refractivity contribution in [3.05, 3.63) is 65.2 Å². The summed E-state index contributed by atoms with van der Waals surface area (Å²) in [6, 6.07) is 8.00. The highest BCUT2D eigenvalue weighted by Gasteiger charge is 2.30. The Labute approximate surface area is 208 Å². The van der Waals surface area contributed by atoms with Crippen LogP contribution in [-0.4, -0.2) is 49.8 Å². The summed E-state index contributed by atoms with van der Waals surface area (Å²) in [5.74, 6) is -1.85. The summed E-state index contributed by atoms with van der Waals surface area (Å²) >= 11 is 0. The molecule has 0 unspecified atom stereocenters. The Morgan fingerprint density at radius 2 is 1.51 bits per heavy atom. The van der Waals surface area contributed by atoms with Gasteiger partial charge in [0, 0.05) is 18.9 Å². The third kappa shape index (κ3) is 10.8. The van der Waals surface area contributed by atoms with E-state index in [0.29, 0.717) is 5.56 Å². The van der Waals surface area contributed by atoms with Crippen molar-refractivity contribution >= 4 is 17.8 Å². The Morgan fingerprint density at radius 1 is 0.892 bits per heavy atom. The van der Waals surface area contributed by atoms with Crippen molar-refractivity contribution in [2.24, 2.45) is 0 Å². The van der Waals surface area contributed by atoms with E-state index in [1.807, 2.05) is 0 Å². The summed E-state index contributed by atoms with van der Waals surface area (Å²) in [6.07, 6.45) is -10.2. The number of benzene rings is 2. The summed E-state index contributed by atoms with van der Waals surface area (Å²) in [7, 11) is 0. The number of rotatable bonds is 11. The van der Waals surface area contributed by atoms with Crippen molar-refractivity contribution in [2.75, 3.05) is 19.8 Å². The average Bonchev–Trinajstić information content (AvgIpc) is 2.80. The third-order valence-corrected chi connectivity index (χ3v) is 4.82. The molecule has 0 radical (unpaired) electrons. The molecule has 0 aliphatic heterocycles. The standard InChI is InChI=1S/C24H24F6N2O5/c1-15(33)36-13-11-31-22(35)20(14-16-2-6-18(7-3-16)24(28,29)30)32-21(34)17-4-8-19(9-5-17)37-12-10-23(25,26)27/h2-9,20H,10-14H2,1H3,(H,31,35)(H,32,34)/t20-/m0/s1. The van der Waals surface area contributed by atoms with E-state index in [2.05, 4.69) is 10.6 Å². The lowest BCUT2D eigenvalue weighted by molar-refractivity contribution is -0.141. The zero-order valence-electron chi connectivity index (χ0n) is 19.5. The molecule has 2 N–H and O–H groups in total. The van der Waals surface area contributed by atoms with Gasteiger partial charge in [0.15, 0.2) is 0 Å². The van der Waals surface area contributed by atoms with Gasteiger partial charge < -0.3 is 20.1 Å². The Morgan fingerprint density at radius 3 is 2.05 bits per heavy atom. The third-order valence-electron chi connectivity index (χ3n) is 4.82. The Hall–Kier alpha value is -3.77. The smallest absolute Gasteiger partial charge is 0.416 e. The maximum Gasteiger partial charge on any atom is 0.416 e. The zero-order valence-corrected chi connectivity index (χ0v) is 19.5. The molecule has 13 heteroatoms. The van der Waals surface area contributed by atoms with Gasteiger partial charge in [0.05, 0.1) is 25.1 Å². The Kier molecular flexibility index (Phi) is 10.3. The Balaban J connectivity index is 2.08. The molecule has 1 atom stereocenters. The largest absolute Gasteiger partial charge is 0.493 e. The SMILES string of the molecule is CC(=O)OCCNC(=O)[C@H](Cc1ccc(C(F)(F)F)cc1)NC(=O)c1ccc(OCCC(F)(F)F)cc1. The van der Waals surface area contributed by atoms with E-state index < -0.39 is 54.8 Å². The van der Waals surface area contributed by atoms with E-state index in [4.69, 9.17) is 9.47 Å². The number of nitrogens with one attached hydrogen (secondary N) is 2. The van der Waals surface area contributed by atoms with E-state index >= 15 is 0 Å². The molecule has 2 rings (SSSR count). The van der Waals surface area contributed by atoms with Crippen LogP contribution in [0.2, 0.25) is 0 Å². The van der Waals surface area contributed by atoms with E-state index in [1.54, 1.807) is 0 Å². The second kappa shape index (κ2) is 13.0. The number of hydrogen-bond acceptors (Lipinski definition) is 5. The summed E-state index contributed by atoms with van der Waals surface area (Å²) in [6.45, 7) is 0.388. The van der Waals surface area contributed by atoms with Crippen LogP contribution in [0.15, 0.2) is 48.5 Å². The fourth-order valence-corrected chi connectivity index (χ4v) is 3.00. The van der Waals surface area contributed by atoms with E-state index in [1.165, 1.54) is 43.3 Å². The lowest BCUT2D eigenvalue weighted by Crippen LogP contribution is -2.48. The average molecular weight is 534 g/mol. The number of hydrogen-bond donors (Lipinski definition) is 2. The first-order valence-corrected chi connectivity index (χ1v) is 10.9. The van der Waals surface area contributed by atoms with Crippen LogP contribution in [0.1, 0.15) is 34.8 Å². The molecule has 7 nitrogen and oxygen atoms in total. The number of alkyl halides is 6. The van der Waals surface area contributed by atoms with Crippen molar-refractivity contribution in [3.8, 4) is 5.75 Å². The number of ether oxygens (including phenoxy) is 2. The van der Waals surface area contributed by atoms with Crippen LogP contribution < -0.4 is 15.4 Å². The lowest BCUT2D eigenvalue weighted by Gasteiger charge is -2.19. The molecular weight excluding hydrogens is 510 g/mol. The second-order valence-electron chi connectivity index (χ2n) is 7.79. The molecule has 2 aromatic carbocycles. The van der Waals surface area contributed by atoms with Gasteiger partial charge in [0.2, 0.25) is 5.91 Å². The maximum absolute atomic E-state index is 12.8. The molecule has 0 aromatic heterocycles. The van der Waals surface area contributed by atoms with Crippen LogP contribution in [-0.2, 0) is 26.9 Å². The van der Waals surface area contributed by atoms with Gasteiger partial charge in [-0.2, -0.15) is 26.3 Å². The van der Waals surface area contributed by atoms with E-state index in [0.717, 1.165) is 12.1 Å². The molecule has 0 saturated heterocycles. The van der Waals surface area contributed by atoms with Crippen LogP contribution in [0.25, 0.3) is 0 Å². The molecule has 2 amide bonds. The van der Waals surface area contributed by atoms with Gasteiger partial charge in [0.25, 0.3) is 5.91 Å². The molecule has 202 valence electrons. The van der Waals surface area contributed by atoms with Crippen LogP contribution in [0, 0.1) is 0 Å². The highest BCUT2D eigenvalue weighted by Crippen LogP contribution is 2.29. The Bertz CT molecular complexity index is 1050. The minimum absolute atomic E-state index is 0.0632. The van der Waals surface area contributed by atoms with Crippen molar-refractivity contribution < 1.29 is 50.2 Å². The van der Waals surface area contributed by atoms with Crippen LogP contribution >= 0.6 is 0 Å². The van der Waals surface area contributed by atoms with Crippen LogP contribution in [0.4, 0.5) is 26.3 Å². The molecule has 0 bridgehead atoms. The molecule has 0 aliphatic rings. The van der Waals surface area contributed by atoms with Gasteiger partial charge in [-0.1, -0.05) is 12.1 Å². The maximum atomic E-state index is 12.8. The first-order chi connectivity index (χ1) is 17.2. The predicted molar refractivity (Wildman–Crippen MR) is 119 cm³/mol. The highest BCUT2D eigenvalue weighted by molar-refractivity contribution is 5.97. The van der Waals surface area contributed by atoms with Gasteiger partial charge in [0.1, 0.15) is 18.4 Å². The summed E-state index contributed by atoms with van der Waals surface area (Å²) in [4.78, 5) is 36.3. The first kappa shape index (κ1) is 29.5. The zero-order chi connectivity index (χ0) is 27.6. The van der Waals surface area contributed by atoms with Crippen LogP contribution in [0.5, 0.6) is 5.75 Å². The number of esters is 1.